The van der Waals surface area contributed by atoms with Gasteiger partial charge in [-0.15, -0.1) is 0 Å². The molecule has 0 bridgehead atoms. The maximum Gasteiger partial charge on any atom is 0.265 e. The Morgan fingerprint density at radius 1 is 1.08 bits per heavy atom. The molecular formula is C16H17N3O4S. The molecule has 3 rings (SSSR count). The van der Waals surface area contributed by atoms with Crippen molar-refractivity contribution in [3.8, 4) is 11.5 Å². The minimum atomic E-state index is -3.81. The van der Waals surface area contributed by atoms with E-state index in [9.17, 15) is 8.42 Å². The van der Waals surface area contributed by atoms with E-state index in [1.54, 1.807) is 24.3 Å². The molecule has 0 fully saturated rings. The van der Waals surface area contributed by atoms with Crippen molar-refractivity contribution in [3.63, 3.8) is 0 Å². The number of nitrogens with one attached hydrogen (secondary N) is 2. The van der Waals surface area contributed by atoms with Gasteiger partial charge >= 0.3 is 0 Å². The summed E-state index contributed by atoms with van der Waals surface area (Å²) in [6, 6.07) is 9.65. The highest BCUT2D eigenvalue weighted by Crippen LogP contribution is 2.30. The number of fused-ring (bicyclic) bond motifs is 1. The van der Waals surface area contributed by atoms with Crippen LogP contribution in [0.4, 0.5) is 5.69 Å². The largest absolute Gasteiger partial charge is 0.497 e. The number of anilines is 1. The van der Waals surface area contributed by atoms with Crippen LogP contribution in [0.3, 0.4) is 0 Å². The molecule has 0 saturated carbocycles. The average molecular weight is 347 g/mol. The molecule has 1 heterocycles. The Morgan fingerprint density at radius 3 is 2.58 bits per heavy atom. The van der Waals surface area contributed by atoms with E-state index >= 15 is 0 Å². The van der Waals surface area contributed by atoms with E-state index in [4.69, 9.17) is 9.47 Å². The van der Waals surface area contributed by atoms with Crippen molar-refractivity contribution < 1.29 is 17.9 Å². The fourth-order valence-corrected chi connectivity index (χ4v) is 3.61. The van der Waals surface area contributed by atoms with Crippen LogP contribution in [0.5, 0.6) is 11.5 Å². The quantitative estimate of drug-likeness (QED) is 0.740. The zero-order valence-corrected chi connectivity index (χ0v) is 14.3. The van der Waals surface area contributed by atoms with Crippen LogP contribution < -0.4 is 14.2 Å². The van der Waals surface area contributed by atoms with E-state index in [1.165, 1.54) is 26.4 Å². The van der Waals surface area contributed by atoms with Crippen molar-refractivity contribution in [2.45, 2.75) is 11.8 Å². The lowest BCUT2D eigenvalue weighted by molar-refractivity contribution is 0.386. The highest BCUT2D eigenvalue weighted by atomic mass is 32.2. The van der Waals surface area contributed by atoms with E-state index in [1.807, 2.05) is 6.92 Å². The first kappa shape index (κ1) is 16.1. The van der Waals surface area contributed by atoms with Crippen molar-refractivity contribution >= 4 is 26.7 Å². The molecule has 3 aromatic rings. The molecule has 24 heavy (non-hydrogen) atoms. The van der Waals surface area contributed by atoms with Crippen LogP contribution in [0.25, 0.3) is 11.0 Å². The third-order valence-corrected chi connectivity index (χ3v) is 4.93. The van der Waals surface area contributed by atoms with E-state index < -0.39 is 10.0 Å². The van der Waals surface area contributed by atoms with Gasteiger partial charge in [0.1, 0.15) is 22.2 Å². The Balaban J connectivity index is 1.97. The number of methoxy groups -OCH3 is 2. The van der Waals surface area contributed by atoms with Crippen LogP contribution >= 0.6 is 0 Å². The van der Waals surface area contributed by atoms with Crippen LogP contribution in [-0.4, -0.2) is 32.6 Å². The summed E-state index contributed by atoms with van der Waals surface area (Å²) < 4.78 is 38.1. The molecule has 2 N–H and O–H groups in total. The third kappa shape index (κ3) is 3.00. The third-order valence-electron chi connectivity index (χ3n) is 3.51. The van der Waals surface area contributed by atoms with E-state index in [0.717, 1.165) is 16.9 Å². The van der Waals surface area contributed by atoms with Gasteiger partial charge in [-0.3, -0.25) is 4.72 Å². The zero-order chi connectivity index (χ0) is 17.3. The number of sulfonamides is 1. The van der Waals surface area contributed by atoms with Crippen LogP contribution in [0.2, 0.25) is 0 Å². The van der Waals surface area contributed by atoms with Gasteiger partial charge in [-0.05, 0) is 37.3 Å². The summed E-state index contributed by atoms with van der Waals surface area (Å²) in [5.41, 5.74) is 1.97. The molecular weight excluding hydrogens is 330 g/mol. The molecule has 0 amide bonds. The van der Waals surface area contributed by atoms with Crippen molar-refractivity contribution in [2.75, 3.05) is 18.9 Å². The van der Waals surface area contributed by atoms with Crippen LogP contribution in [0, 0.1) is 6.92 Å². The molecule has 126 valence electrons. The smallest absolute Gasteiger partial charge is 0.265 e. The predicted molar refractivity (Wildman–Crippen MR) is 91.2 cm³/mol. The molecule has 0 spiro atoms. The number of aromatic amines is 1. The molecule has 8 heteroatoms. The summed E-state index contributed by atoms with van der Waals surface area (Å²) in [7, 11) is -0.895. The fourth-order valence-electron chi connectivity index (χ4n) is 2.41. The van der Waals surface area contributed by atoms with Gasteiger partial charge in [0.05, 0.1) is 30.9 Å². The average Bonchev–Trinajstić information content (AvgIpc) is 2.93. The highest BCUT2D eigenvalue weighted by Gasteiger charge is 2.20. The van der Waals surface area contributed by atoms with E-state index in [2.05, 4.69) is 14.7 Å². The van der Waals surface area contributed by atoms with Gasteiger partial charge in [-0.1, -0.05) is 0 Å². The predicted octanol–water partition coefficient (Wildman–Crippen LogP) is 2.69. The summed E-state index contributed by atoms with van der Waals surface area (Å²) >= 11 is 0. The molecule has 7 nitrogen and oxygen atoms in total. The lowest BCUT2D eigenvalue weighted by Crippen LogP contribution is -2.14. The van der Waals surface area contributed by atoms with Gasteiger partial charge in [0.15, 0.2) is 0 Å². The zero-order valence-electron chi connectivity index (χ0n) is 13.5. The first-order chi connectivity index (χ1) is 11.4. The maximum atomic E-state index is 12.7. The second-order valence-corrected chi connectivity index (χ2v) is 6.83. The summed E-state index contributed by atoms with van der Waals surface area (Å²) in [5, 5.41) is 0. The van der Waals surface area contributed by atoms with Gasteiger partial charge in [0.25, 0.3) is 10.0 Å². The van der Waals surface area contributed by atoms with Gasteiger partial charge < -0.3 is 14.5 Å². The second kappa shape index (κ2) is 6.04. The van der Waals surface area contributed by atoms with Gasteiger partial charge in [0, 0.05) is 6.07 Å². The number of benzene rings is 2. The maximum absolute atomic E-state index is 12.7. The summed E-state index contributed by atoms with van der Waals surface area (Å²) in [6.07, 6.45) is 0. The first-order valence-corrected chi connectivity index (χ1v) is 8.62. The van der Waals surface area contributed by atoms with Crippen molar-refractivity contribution in [2.24, 2.45) is 0 Å². The SMILES string of the molecule is COc1ccc(S(=O)(=O)Nc2ccc3nc(C)[nH]c3c2)c(OC)c1. The number of ether oxygens (including phenoxy) is 2. The number of hydrogen-bond donors (Lipinski definition) is 2. The summed E-state index contributed by atoms with van der Waals surface area (Å²) in [5.74, 6) is 1.49. The van der Waals surface area contributed by atoms with Crippen molar-refractivity contribution in [3.05, 3.63) is 42.2 Å². The number of hydrogen-bond acceptors (Lipinski definition) is 5. The van der Waals surface area contributed by atoms with Crippen LogP contribution in [0.1, 0.15) is 5.82 Å². The highest BCUT2D eigenvalue weighted by molar-refractivity contribution is 7.92. The standard InChI is InChI=1S/C16H17N3O4S/c1-10-17-13-6-4-11(8-14(13)18-10)19-24(20,21)16-7-5-12(22-2)9-15(16)23-3/h4-9,19H,1-3H3,(H,17,18). The summed E-state index contributed by atoms with van der Waals surface area (Å²) in [6.45, 7) is 1.84. The first-order valence-electron chi connectivity index (χ1n) is 7.14. The Labute approximate surface area is 139 Å². The number of rotatable bonds is 5. The van der Waals surface area contributed by atoms with Gasteiger partial charge in [-0.25, -0.2) is 13.4 Å². The molecule has 0 aliphatic heterocycles. The van der Waals surface area contributed by atoms with Gasteiger partial charge in [0.2, 0.25) is 0 Å². The summed E-state index contributed by atoms with van der Waals surface area (Å²) in [4.78, 5) is 7.40. The Morgan fingerprint density at radius 2 is 1.88 bits per heavy atom. The molecule has 1 aromatic heterocycles. The van der Waals surface area contributed by atoms with E-state index in [-0.39, 0.29) is 10.6 Å². The lowest BCUT2D eigenvalue weighted by atomic mass is 10.3. The normalized spacial score (nSPS) is 11.5. The number of imidazole rings is 1. The Kier molecular flexibility index (Phi) is 4.06. The topological polar surface area (TPSA) is 93.3 Å². The number of aryl methyl sites for hydroxylation is 1. The molecule has 2 aromatic carbocycles. The Bertz CT molecular complexity index is 996. The van der Waals surface area contributed by atoms with E-state index in [0.29, 0.717) is 11.4 Å². The van der Waals surface area contributed by atoms with Crippen LogP contribution in [0.15, 0.2) is 41.3 Å². The molecule has 0 aliphatic rings. The minimum Gasteiger partial charge on any atom is -0.497 e. The van der Waals surface area contributed by atoms with Gasteiger partial charge in [-0.2, -0.15) is 0 Å². The monoisotopic (exact) mass is 347 g/mol. The minimum absolute atomic E-state index is 0.0340. The second-order valence-electron chi connectivity index (χ2n) is 5.18. The fraction of sp³-hybridized carbons (Fsp3) is 0.188. The lowest BCUT2D eigenvalue weighted by Gasteiger charge is -2.12. The number of aromatic nitrogens is 2. The molecule has 0 unspecified atom stereocenters. The van der Waals surface area contributed by atoms with Crippen LogP contribution in [-0.2, 0) is 10.0 Å². The number of nitrogens with zero attached hydrogens (tertiary/aromatic N) is 1. The molecule has 0 aliphatic carbocycles. The van der Waals surface area contributed by atoms with Crippen molar-refractivity contribution in [1.29, 1.82) is 0 Å². The molecule has 0 saturated heterocycles. The number of H-pyrrole nitrogens is 1. The van der Waals surface area contributed by atoms with Crippen molar-refractivity contribution in [1.82, 2.24) is 9.97 Å². The Hall–Kier alpha value is -2.74. The molecule has 0 radical (unpaired) electrons. The molecule has 0 atom stereocenters.